The lowest BCUT2D eigenvalue weighted by Gasteiger charge is -2.20. The van der Waals surface area contributed by atoms with Gasteiger partial charge < -0.3 is 24.2 Å². The normalized spacial score (nSPS) is 16.5. The summed E-state index contributed by atoms with van der Waals surface area (Å²) >= 11 is 0. The van der Waals surface area contributed by atoms with E-state index < -0.39 is 57.8 Å². The number of phosphoric ester groups is 1. The summed E-state index contributed by atoms with van der Waals surface area (Å²) in [5.74, 6) is 0.470. The molecule has 11 nitrogen and oxygen atoms in total. The molecule has 2 N–H and O–H groups in total. The summed E-state index contributed by atoms with van der Waals surface area (Å²) in [5, 5.41) is 10.3. The van der Waals surface area contributed by atoms with E-state index in [1.165, 1.54) is 116 Å². The number of allylic oxidation sites excluding steroid dienone is 4. The first-order valence-corrected chi connectivity index (χ1v) is 30.2. The SMILES string of the molecule is CCCCCC/C=C\CCCCCCCC(=O)OC[C@H](O)COP(=O)(O)OC[C@@H](COC(=O)CCCCCCC/C=C\CCCCCC)OC(=O)CCCCCCCC1CC1CCCCCCCC. The minimum atomic E-state index is -4.72. The number of aliphatic hydroxyl groups excluding tert-OH is 1. The molecule has 0 amide bonds. The van der Waals surface area contributed by atoms with Crippen molar-refractivity contribution in [2.24, 2.45) is 11.8 Å². The maximum Gasteiger partial charge on any atom is 0.472 e. The zero-order valence-corrected chi connectivity index (χ0v) is 45.4. The molecular formula is C57H105O11P. The lowest BCUT2D eigenvalue weighted by Crippen LogP contribution is -2.30. The fourth-order valence-electron chi connectivity index (χ4n) is 8.71. The number of hydrogen-bond donors (Lipinski definition) is 2. The summed E-state index contributed by atoms with van der Waals surface area (Å²) in [7, 11) is -4.72. The Morgan fingerprint density at radius 2 is 0.812 bits per heavy atom. The van der Waals surface area contributed by atoms with Crippen molar-refractivity contribution < 1.29 is 52.2 Å². The molecule has 1 fully saturated rings. The van der Waals surface area contributed by atoms with Crippen molar-refractivity contribution in [1.29, 1.82) is 0 Å². The predicted molar refractivity (Wildman–Crippen MR) is 282 cm³/mol. The highest BCUT2D eigenvalue weighted by molar-refractivity contribution is 7.47. The molecule has 1 aliphatic carbocycles. The van der Waals surface area contributed by atoms with Gasteiger partial charge in [-0.05, 0) is 88.9 Å². The Balaban J connectivity index is 2.39. The maximum atomic E-state index is 12.9. The van der Waals surface area contributed by atoms with Crippen LogP contribution in [0.25, 0.3) is 0 Å². The van der Waals surface area contributed by atoms with Gasteiger partial charge in [-0.15, -0.1) is 0 Å². The molecule has 0 radical (unpaired) electrons. The monoisotopic (exact) mass is 997 g/mol. The van der Waals surface area contributed by atoms with E-state index in [1.54, 1.807) is 0 Å². The van der Waals surface area contributed by atoms with Gasteiger partial charge in [0, 0.05) is 19.3 Å². The zero-order valence-electron chi connectivity index (χ0n) is 44.5. The summed E-state index contributed by atoms with van der Waals surface area (Å²) < 4.78 is 39.1. The van der Waals surface area contributed by atoms with E-state index in [0.717, 1.165) is 108 Å². The standard InChI is InChI=1S/C57H105O11P/c1-4-7-10-13-16-18-20-22-24-26-28-33-38-43-55(59)64-47-53(58)48-66-69(62,63)67-50-54(49-65-56(60)44-39-34-29-27-25-23-21-19-17-14-11-8-5-2)68-57(61)45-40-35-30-32-37-42-52-46-51(52)41-36-31-15-12-9-6-3/h18-21,51-54,58H,4-17,22-50H2,1-3H3,(H,62,63)/b20-18-,21-19-/t51?,52?,53-,54+/m0/s1. The second-order valence-electron chi connectivity index (χ2n) is 20.1. The van der Waals surface area contributed by atoms with Crippen LogP contribution in [0.1, 0.15) is 271 Å². The van der Waals surface area contributed by atoms with Crippen LogP contribution >= 0.6 is 7.82 Å². The molecule has 1 saturated carbocycles. The molecule has 1 aliphatic rings. The summed E-state index contributed by atoms with van der Waals surface area (Å²) in [6.07, 6.45) is 49.1. The topological polar surface area (TPSA) is 155 Å². The summed E-state index contributed by atoms with van der Waals surface area (Å²) in [4.78, 5) is 48.1. The average Bonchev–Trinajstić information content (AvgIpc) is 4.09. The first-order chi connectivity index (χ1) is 33.6. The van der Waals surface area contributed by atoms with Crippen molar-refractivity contribution in [2.45, 2.75) is 283 Å². The Morgan fingerprint density at radius 3 is 1.26 bits per heavy atom. The van der Waals surface area contributed by atoms with E-state index in [-0.39, 0.29) is 25.9 Å². The number of phosphoric acid groups is 1. The lowest BCUT2D eigenvalue weighted by molar-refractivity contribution is -0.161. The van der Waals surface area contributed by atoms with Crippen LogP contribution in [-0.4, -0.2) is 66.5 Å². The first kappa shape index (κ1) is 65.0. The first-order valence-electron chi connectivity index (χ1n) is 28.7. The number of carbonyl (C=O) groups is 3. The molecule has 5 atom stereocenters. The molecule has 3 unspecified atom stereocenters. The van der Waals surface area contributed by atoms with E-state index in [9.17, 15) is 28.9 Å². The van der Waals surface area contributed by atoms with Gasteiger partial charge in [-0.25, -0.2) is 4.57 Å². The summed E-state index contributed by atoms with van der Waals surface area (Å²) in [6.45, 7) is 4.82. The van der Waals surface area contributed by atoms with E-state index in [2.05, 4.69) is 45.1 Å². The third kappa shape index (κ3) is 44.4. The van der Waals surface area contributed by atoms with Crippen LogP contribution in [0, 0.1) is 11.8 Å². The second-order valence-corrected chi connectivity index (χ2v) is 21.5. The maximum absolute atomic E-state index is 12.9. The smallest absolute Gasteiger partial charge is 0.463 e. The number of aliphatic hydroxyl groups is 1. The van der Waals surface area contributed by atoms with Gasteiger partial charge in [0.05, 0.1) is 13.2 Å². The van der Waals surface area contributed by atoms with Crippen LogP contribution in [0.15, 0.2) is 24.3 Å². The fourth-order valence-corrected chi connectivity index (χ4v) is 9.50. The lowest BCUT2D eigenvalue weighted by atomic mass is 10.0. The third-order valence-corrected chi connectivity index (χ3v) is 14.2. The minimum absolute atomic E-state index is 0.178. The molecule has 0 heterocycles. The highest BCUT2D eigenvalue weighted by Crippen LogP contribution is 2.46. The van der Waals surface area contributed by atoms with Gasteiger partial charge in [-0.2, -0.15) is 0 Å². The molecule has 1 rings (SSSR count). The van der Waals surface area contributed by atoms with Crippen molar-refractivity contribution >= 4 is 25.7 Å². The van der Waals surface area contributed by atoms with Gasteiger partial charge in [0.1, 0.15) is 19.3 Å². The highest BCUT2D eigenvalue weighted by atomic mass is 31.2. The average molecular weight is 997 g/mol. The molecule has 69 heavy (non-hydrogen) atoms. The predicted octanol–water partition coefficient (Wildman–Crippen LogP) is 16.1. The Hall–Kier alpha value is -2.04. The number of rotatable bonds is 52. The number of carbonyl (C=O) groups excluding carboxylic acids is 3. The Bertz CT molecular complexity index is 1320. The number of unbranched alkanes of at least 4 members (excludes halogenated alkanes) is 27. The van der Waals surface area contributed by atoms with Gasteiger partial charge in [-0.3, -0.25) is 23.4 Å². The van der Waals surface area contributed by atoms with E-state index >= 15 is 0 Å². The van der Waals surface area contributed by atoms with Gasteiger partial charge in [0.25, 0.3) is 0 Å². The highest BCUT2D eigenvalue weighted by Gasteiger charge is 2.35. The number of hydrogen-bond acceptors (Lipinski definition) is 10. The second kappa shape index (κ2) is 47.0. The Morgan fingerprint density at radius 1 is 0.464 bits per heavy atom. The van der Waals surface area contributed by atoms with Crippen LogP contribution in [0.3, 0.4) is 0 Å². The number of esters is 3. The summed E-state index contributed by atoms with van der Waals surface area (Å²) in [6, 6.07) is 0. The van der Waals surface area contributed by atoms with Gasteiger partial charge in [-0.1, -0.05) is 199 Å². The fraction of sp³-hybridized carbons (Fsp3) is 0.877. The van der Waals surface area contributed by atoms with Crippen molar-refractivity contribution in [1.82, 2.24) is 0 Å². The van der Waals surface area contributed by atoms with Crippen LogP contribution in [0.5, 0.6) is 0 Å². The van der Waals surface area contributed by atoms with Crippen molar-refractivity contribution in [3.05, 3.63) is 24.3 Å². The summed E-state index contributed by atoms with van der Waals surface area (Å²) in [5.41, 5.74) is 0. The van der Waals surface area contributed by atoms with Gasteiger partial charge in [0.2, 0.25) is 0 Å². The molecule has 0 spiro atoms. The largest absolute Gasteiger partial charge is 0.472 e. The van der Waals surface area contributed by atoms with Crippen molar-refractivity contribution in [2.75, 3.05) is 26.4 Å². The van der Waals surface area contributed by atoms with E-state index in [4.69, 9.17) is 23.3 Å². The third-order valence-electron chi connectivity index (χ3n) is 13.3. The van der Waals surface area contributed by atoms with Crippen LogP contribution in [0.4, 0.5) is 0 Å². The molecule has 0 aliphatic heterocycles. The van der Waals surface area contributed by atoms with Crippen LogP contribution in [0.2, 0.25) is 0 Å². The van der Waals surface area contributed by atoms with E-state index in [0.29, 0.717) is 19.3 Å². The van der Waals surface area contributed by atoms with Gasteiger partial charge >= 0.3 is 25.7 Å². The molecule has 0 aromatic carbocycles. The Labute approximate surface area is 422 Å². The zero-order chi connectivity index (χ0) is 50.3. The molecule has 404 valence electrons. The van der Waals surface area contributed by atoms with E-state index in [1.807, 2.05) is 0 Å². The molecule has 0 aromatic heterocycles. The van der Waals surface area contributed by atoms with Crippen LogP contribution < -0.4 is 0 Å². The minimum Gasteiger partial charge on any atom is -0.463 e. The molecule has 0 saturated heterocycles. The van der Waals surface area contributed by atoms with Crippen molar-refractivity contribution in [3.8, 4) is 0 Å². The van der Waals surface area contributed by atoms with Crippen LogP contribution in [-0.2, 0) is 42.2 Å². The molecule has 0 bridgehead atoms. The number of ether oxygens (including phenoxy) is 3. The molecular weight excluding hydrogens is 892 g/mol. The Kier molecular flexibility index (Phi) is 44.3. The molecule has 12 heteroatoms. The van der Waals surface area contributed by atoms with Crippen molar-refractivity contribution in [3.63, 3.8) is 0 Å². The molecule has 0 aromatic rings. The van der Waals surface area contributed by atoms with Gasteiger partial charge in [0.15, 0.2) is 6.10 Å². The quantitative estimate of drug-likeness (QED) is 0.0197.